The van der Waals surface area contributed by atoms with Gasteiger partial charge in [0.25, 0.3) is 0 Å². The van der Waals surface area contributed by atoms with Crippen LogP contribution >= 0.6 is 34.8 Å². The van der Waals surface area contributed by atoms with Gasteiger partial charge in [-0.3, -0.25) is 4.79 Å². The SMILES string of the molecule is CC(Nc1nc(N2CC(C3CCCC(C4CC(C)(C(=O)O)C4)C3)C2)nc(CF)c1Cl)c1ccc(Cl)cc1Cl. The van der Waals surface area contributed by atoms with Gasteiger partial charge in [0, 0.05) is 23.1 Å². The lowest BCUT2D eigenvalue weighted by atomic mass is 9.55. The van der Waals surface area contributed by atoms with Gasteiger partial charge in [-0.15, -0.1) is 0 Å². The van der Waals surface area contributed by atoms with Crippen molar-refractivity contribution >= 4 is 52.5 Å². The van der Waals surface area contributed by atoms with E-state index >= 15 is 0 Å². The summed E-state index contributed by atoms with van der Waals surface area (Å²) >= 11 is 18.9. The zero-order valence-electron chi connectivity index (χ0n) is 21.7. The molecule has 2 aliphatic carbocycles. The molecule has 38 heavy (non-hydrogen) atoms. The molecule has 206 valence electrons. The van der Waals surface area contributed by atoms with E-state index in [-0.39, 0.29) is 16.8 Å². The molecule has 2 saturated carbocycles. The number of nitrogens with zero attached hydrogens (tertiary/aromatic N) is 3. The second-order valence-corrected chi connectivity index (χ2v) is 12.9. The molecule has 3 atom stereocenters. The lowest BCUT2D eigenvalue weighted by Gasteiger charge is -2.50. The smallest absolute Gasteiger partial charge is 0.309 e. The van der Waals surface area contributed by atoms with E-state index in [1.165, 1.54) is 25.7 Å². The number of hydrogen-bond donors (Lipinski definition) is 2. The van der Waals surface area contributed by atoms with Crippen molar-refractivity contribution in [1.29, 1.82) is 0 Å². The van der Waals surface area contributed by atoms with Crippen LogP contribution in [0.1, 0.15) is 69.7 Å². The van der Waals surface area contributed by atoms with Gasteiger partial charge in [-0.25, -0.2) is 9.37 Å². The predicted octanol–water partition coefficient (Wildman–Crippen LogP) is 7.82. The molecule has 0 amide bonds. The molecule has 1 aromatic heterocycles. The zero-order chi connectivity index (χ0) is 27.2. The molecule has 1 aliphatic heterocycles. The molecular weight excluding hydrogens is 550 g/mol. The van der Waals surface area contributed by atoms with Crippen LogP contribution < -0.4 is 10.2 Å². The fourth-order valence-corrected chi connectivity index (χ4v) is 7.41. The monoisotopic (exact) mass is 582 g/mol. The Bertz CT molecular complexity index is 1200. The maximum absolute atomic E-state index is 13.8. The van der Waals surface area contributed by atoms with Crippen molar-refractivity contribution in [1.82, 2.24) is 9.97 Å². The van der Waals surface area contributed by atoms with E-state index in [4.69, 9.17) is 34.8 Å². The average Bonchev–Trinajstić information content (AvgIpc) is 2.82. The summed E-state index contributed by atoms with van der Waals surface area (Å²) in [6.45, 7) is 4.70. The maximum Gasteiger partial charge on any atom is 0.309 e. The van der Waals surface area contributed by atoms with Gasteiger partial charge in [-0.05, 0) is 74.5 Å². The zero-order valence-corrected chi connectivity index (χ0v) is 24.0. The first-order valence-electron chi connectivity index (χ1n) is 13.4. The molecule has 2 heterocycles. The molecule has 5 rings (SSSR count). The number of alkyl halides is 1. The second-order valence-electron chi connectivity index (χ2n) is 11.7. The van der Waals surface area contributed by atoms with E-state index < -0.39 is 18.1 Å². The highest BCUT2D eigenvalue weighted by Gasteiger charge is 2.50. The number of hydrogen-bond acceptors (Lipinski definition) is 5. The number of carboxylic acids is 1. The Hall–Kier alpha value is -1.83. The van der Waals surface area contributed by atoms with Gasteiger partial charge in [0.05, 0.1) is 17.2 Å². The Balaban J connectivity index is 1.23. The molecule has 3 fully saturated rings. The summed E-state index contributed by atoms with van der Waals surface area (Å²) in [6.07, 6.45) is 6.39. The number of aromatic nitrogens is 2. The highest BCUT2D eigenvalue weighted by Crippen LogP contribution is 2.53. The quantitative estimate of drug-likeness (QED) is 0.330. The number of halogens is 4. The standard InChI is InChI=1S/C28H34Cl3FN4O2/c1-15(21-7-6-20(29)9-22(21)30)33-25-24(31)23(12-32)34-27(35-25)36-13-19(14-36)17-5-3-4-16(8-17)18-10-28(2,11-18)26(37)38/h6-7,9,15-19H,3-5,8,10-14H2,1-2H3,(H,37,38)(H,33,34,35). The third-order valence-electron chi connectivity index (χ3n) is 9.04. The number of anilines is 2. The number of carboxylic acid groups (broad SMARTS) is 1. The van der Waals surface area contributed by atoms with Crippen LogP contribution in [-0.2, 0) is 11.5 Å². The van der Waals surface area contributed by atoms with Crippen molar-refractivity contribution in [2.45, 2.75) is 65.1 Å². The molecule has 0 radical (unpaired) electrons. The van der Waals surface area contributed by atoms with Crippen LogP contribution in [0.2, 0.25) is 15.1 Å². The lowest BCUT2D eigenvalue weighted by Crippen LogP contribution is -2.52. The van der Waals surface area contributed by atoms with Gasteiger partial charge in [-0.1, -0.05) is 60.1 Å². The number of benzene rings is 1. The van der Waals surface area contributed by atoms with Gasteiger partial charge in [0.2, 0.25) is 5.95 Å². The van der Waals surface area contributed by atoms with E-state index in [9.17, 15) is 14.3 Å². The highest BCUT2D eigenvalue weighted by molar-refractivity contribution is 6.35. The van der Waals surface area contributed by atoms with E-state index in [2.05, 4.69) is 20.2 Å². The van der Waals surface area contributed by atoms with Crippen molar-refractivity contribution in [3.05, 3.63) is 44.5 Å². The number of aliphatic carboxylic acids is 1. The minimum absolute atomic E-state index is 0.168. The minimum Gasteiger partial charge on any atom is -0.481 e. The van der Waals surface area contributed by atoms with Crippen LogP contribution in [0.3, 0.4) is 0 Å². The van der Waals surface area contributed by atoms with Crippen molar-refractivity contribution in [2.75, 3.05) is 23.3 Å². The van der Waals surface area contributed by atoms with Gasteiger partial charge < -0.3 is 15.3 Å². The third kappa shape index (κ3) is 5.44. The van der Waals surface area contributed by atoms with Crippen LogP contribution in [0.25, 0.3) is 0 Å². The summed E-state index contributed by atoms with van der Waals surface area (Å²) in [5, 5.41) is 14.0. The fraction of sp³-hybridized carbons (Fsp3) is 0.607. The summed E-state index contributed by atoms with van der Waals surface area (Å²) in [4.78, 5) is 22.7. The predicted molar refractivity (Wildman–Crippen MR) is 150 cm³/mol. The Morgan fingerprint density at radius 1 is 1.16 bits per heavy atom. The molecular formula is C28H34Cl3FN4O2. The Kier molecular flexibility index (Phi) is 8.01. The number of nitrogens with one attached hydrogen (secondary N) is 1. The molecule has 1 saturated heterocycles. The van der Waals surface area contributed by atoms with E-state index in [0.717, 1.165) is 31.5 Å². The summed E-state index contributed by atoms with van der Waals surface area (Å²) in [6, 6.07) is 5.07. The summed E-state index contributed by atoms with van der Waals surface area (Å²) in [5.74, 6) is 2.53. The normalized spacial score (nSPS) is 28.4. The van der Waals surface area contributed by atoms with Crippen molar-refractivity contribution in [2.24, 2.45) is 29.1 Å². The van der Waals surface area contributed by atoms with Crippen molar-refractivity contribution in [3.8, 4) is 0 Å². The van der Waals surface area contributed by atoms with Crippen LogP contribution in [0.4, 0.5) is 16.2 Å². The number of rotatable bonds is 8. The molecule has 3 aliphatic rings. The second kappa shape index (κ2) is 11.0. The van der Waals surface area contributed by atoms with Gasteiger partial charge in [-0.2, -0.15) is 4.98 Å². The van der Waals surface area contributed by atoms with Crippen LogP contribution in [-0.4, -0.2) is 34.1 Å². The molecule has 2 N–H and O–H groups in total. The lowest BCUT2D eigenvalue weighted by molar-refractivity contribution is -0.158. The number of carbonyl (C=O) groups is 1. The van der Waals surface area contributed by atoms with E-state index in [1.807, 2.05) is 19.9 Å². The third-order valence-corrected chi connectivity index (χ3v) is 10.00. The maximum atomic E-state index is 13.8. The van der Waals surface area contributed by atoms with Crippen molar-refractivity contribution in [3.63, 3.8) is 0 Å². The van der Waals surface area contributed by atoms with Gasteiger partial charge >= 0.3 is 5.97 Å². The Morgan fingerprint density at radius 2 is 1.84 bits per heavy atom. The first-order chi connectivity index (χ1) is 18.1. The van der Waals surface area contributed by atoms with Crippen LogP contribution in [0, 0.1) is 29.1 Å². The average molecular weight is 584 g/mol. The Labute approximate surface area is 238 Å². The molecule has 10 heteroatoms. The Morgan fingerprint density at radius 3 is 2.47 bits per heavy atom. The van der Waals surface area contributed by atoms with Gasteiger partial charge in [0.15, 0.2) is 5.82 Å². The molecule has 3 unspecified atom stereocenters. The molecule has 0 spiro atoms. The molecule has 0 bridgehead atoms. The first-order valence-corrected chi connectivity index (χ1v) is 14.5. The van der Waals surface area contributed by atoms with Crippen LogP contribution in [0.5, 0.6) is 0 Å². The fourth-order valence-electron chi connectivity index (χ4n) is 6.64. The van der Waals surface area contributed by atoms with E-state index in [1.54, 1.807) is 12.1 Å². The summed E-state index contributed by atoms with van der Waals surface area (Å²) in [7, 11) is 0. The highest BCUT2D eigenvalue weighted by atomic mass is 35.5. The molecule has 6 nitrogen and oxygen atoms in total. The van der Waals surface area contributed by atoms with Crippen LogP contribution in [0.15, 0.2) is 18.2 Å². The minimum atomic E-state index is -0.780. The first kappa shape index (κ1) is 27.7. The van der Waals surface area contributed by atoms with Gasteiger partial charge in [0.1, 0.15) is 11.7 Å². The molecule has 2 aromatic rings. The van der Waals surface area contributed by atoms with E-state index in [0.29, 0.717) is 45.5 Å². The summed E-state index contributed by atoms with van der Waals surface area (Å²) in [5.41, 5.74) is 0.467. The topological polar surface area (TPSA) is 78.4 Å². The molecule has 1 aromatic carbocycles. The summed E-state index contributed by atoms with van der Waals surface area (Å²) < 4.78 is 13.8. The van der Waals surface area contributed by atoms with Crippen molar-refractivity contribution < 1.29 is 14.3 Å². The largest absolute Gasteiger partial charge is 0.481 e.